The summed E-state index contributed by atoms with van der Waals surface area (Å²) in [5, 5.41) is 11.7. The van der Waals surface area contributed by atoms with Crippen LogP contribution in [0, 0.1) is 12.3 Å². The second kappa shape index (κ2) is 7.44. The Morgan fingerprint density at radius 2 is 2.35 bits per heavy atom. The topological polar surface area (TPSA) is 58.6 Å². The Kier molecular flexibility index (Phi) is 5.80. The molecule has 0 fully saturated rings. The van der Waals surface area contributed by atoms with Crippen LogP contribution in [-0.4, -0.2) is 30.8 Å². The molecule has 0 bridgehead atoms. The van der Waals surface area contributed by atoms with Gasteiger partial charge >= 0.3 is 5.97 Å². The zero-order valence-electron chi connectivity index (χ0n) is 9.48. The number of carbonyl (C=O) groups excluding carboxylic acids is 1. The third-order valence-electron chi connectivity index (χ3n) is 2.07. The molecule has 0 aliphatic rings. The van der Waals surface area contributed by atoms with Crippen molar-refractivity contribution in [3.05, 3.63) is 35.4 Å². The molecule has 0 amide bonds. The number of nitrogens with one attached hydrogen (secondary N) is 1. The molecule has 4 heteroatoms. The first kappa shape index (κ1) is 13.2. The van der Waals surface area contributed by atoms with E-state index in [1.54, 1.807) is 18.2 Å². The van der Waals surface area contributed by atoms with E-state index in [1.165, 1.54) is 0 Å². The number of esters is 1. The summed E-state index contributed by atoms with van der Waals surface area (Å²) in [6.45, 7) is 1.18. The average Bonchev–Trinajstić information content (AvgIpc) is 2.36. The van der Waals surface area contributed by atoms with Crippen LogP contribution in [0.5, 0.6) is 0 Å². The predicted molar refractivity (Wildman–Crippen MR) is 64.4 cm³/mol. The molecular weight excluding hydrogens is 218 g/mol. The number of benzene rings is 1. The van der Waals surface area contributed by atoms with Gasteiger partial charge in [-0.15, -0.1) is 6.42 Å². The van der Waals surface area contributed by atoms with Crippen molar-refractivity contribution in [2.45, 2.75) is 6.54 Å². The number of aliphatic hydroxyl groups is 1. The van der Waals surface area contributed by atoms with Crippen LogP contribution >= 0.6 is 0 Å². The van der Waals surface area contributed by atoms with Crippen molar-refractivity contribution in [1.82, 2.24) is 5.32 Å². The van der Waals surface area contributed by atoms with Crippen molar-refractivity contribution in [3.8, 4) is 12.3 Å². The van der Waals surface area contributed by atoms with Gasteiger partial charge < -0.3 is 15.2 Å². The number of carbonyl (C=O) groups is 1. The Hall–Kier alpha value is -1.83. The minimum Gasteiger partial charge on any atom is -0.449 e. The minimum absolute atomic E-state index is 0.0220. The average molecular weight is 233 g/mol. The molecule has 0 heterocycles. The lowest BCUT2D eigenvalue weighted by atomic mass is 10.1. The van der Waals surface area contributed by atoms with Gasteiger partial charge in [0.15, 0.2) is 6.61 Å². The molecule has 0 aromatic heterocycles. The van der Waals surface area contributed by atoms with Crippen LogP contribution in [0.2, 0.25) is 0 Å². The highest BCUT2D eigenvalue weighted by atomic mass is 16.5. The van der Waals surface area contributed by atoms with Crippen LogP contribution in [0.15, 0.2) is 24.3 Å². The van der Waals surface area contributed by atoms with Gasteiger partial charge in [-0.1, -0.05) is 18.1 Å². The Morgan fingerprint density at radius 3 is 3.06 bits per heavy atom. The summed E-state index contributed by atoms with van der Waals surface area (Å²) in [6.07, 6.45) is 5.00. The van der Waals surface area contributed by atoms with Crippen molar-refractivity contribution < 1.29 is 14.6 Å². The normalized spacial score (nSPS) is 9.65. The first-order chi connectivity index (χ1) is 8.27. The molecule has 90 valence electrons. The smallest absolute Gasteiger partial charge is 0.339 e. The fourth-order valence-corrected chi connectivity index (χ4v) is 1.31. The monoisotopic (exact) mass is 233 g/mol. The van der Waals surface area contributed by atoms with Gasteiger partial charge in [0.2, 0.25) is 0 Å². The van der Waals surface area contributed by atoms with Gasteiger partial charge in [0.1, 0.15) is 0 Å². The zero-order valence-corrected chi connectivity index (χ0v) is 9.48. The fraction of sp³-hybridized carbons (Fsp3) is 0.308. The molecule has 0 saturated heterocycles. The number of ether oxygens (including phenoxy) is 1. The lowest BCUT2D eigenvalue weighted by Crippen LogP contribution is -2.17. The van der Waals surface area contributed by atoms with Gasteiger partial charge in [-0.25, -0.2) is 4.79 Å². The molecule has 17 heavy (non-hydrogen) atoms. The van der Waals surface area contributed by atoms with Gasteiger partial charge in [-0.2, -0.15) is 0 Å². The summed E-state index contributed by atoms with van der Waals surface area (Å²) in [5.74, 6) is 1.82. The summed E-state index contributed by atoms with van der Waals surface area (Å²) >= 11 is 0. The Bertz CT molecular complexity index is 409. The number of terminal acetylenes is 1. The van der Waals surface area contributed by atoms with E-state index >= 15 is 0 Å². The molecule has 0 radical (unpaired) electrons. The Morgan fingerprint density at radius 1 is 1.53 bits per heavy atom. The van der Waals surface area contributed by atoms with Crippen LogP contribution in [0.1, 0.15) is 15.9 Å². The van der Waals surface area contributed by atoms with E-state index in [0.29, 0.717) is 18.7 Å². The summed E-state index contributed by atoms with van der Waals surface area (Å²) in [4.78, 5) is 11.5. The molecule has 1 rings (SSSR count). The highest BCUT2D eigenvalue weighted by Gasteiger charge is 2.06. The van der Waals surface area contributed by atoms with E-state index < -0.39 is 5.97 Å². The number of rotatable bonds is 6. The lowest BCUT2D eigenvalue weighted by molar-refractivity contribution is 0.0556. The molecular formula is C13H15NO3. The van der Waals surface area contributed by atoms with Crippen LogP contribution in [-0.2, 0) is 11.3 Å². The first-order valence-electron chi connectivity index (χ1n) is 5.29. The molecule has 2 N–H and O–H groups in total. The summed E-state index contributed by atoms with van der Waals surface area (Å²) < 4.78 is 4.82. The van der Waals surface area contributed by atoms with E-state index in [1.807, 2.05) is 6.07 Å². The second-order valence-corrected chi connectivity index (χ2v) is 3.38. The molecule has 0 saturated carbocycles. The minimum atomic E-state index is -0.424. The molecule has 0 spiro atoms. The maximum Gasteiger partial charge on any atom is 0.339 e. The molecule has 0 aliphatic heterocycles. The van der Waals surface area contributed by atoms with E-state index in [0.717, 1.165) is 5.56 Å². The Balaban J connectivity index is 2.59. The maximum absolute atomic E-state index is 11.5. The molecule has 4 nitrogen and oxygen atoms in total. The Labute approximate surface area is 101 Å². The summed E-state index contributed by atoms with van der Waals surface area (Å²) in [7, 11) is 0. The standard InChI is InChI=1S/C13H15NO3/c1-2-8-17-13(16)12-5-3-4-11(9-12)10-14-6-7-15/h1,3-5,9,14-15H,6-8,10H2. The molecule has 0 unspecified atom stereocenters. The van der Waals surface area contributed by atoms with E-state index in [9.17, 15) is 4.79 Å². The largest absolute Gasteiger partial charge is 0.449 e. The van der Waals surface area contributed by atoms with Gasteiger partial charge in [0, 0.05) is 13.1 Å². The molecule has 0 aliphatic carbocycles. The zero-order chi connectivity index (χ0) is 12.5. The van der Waals surface area contributed by atoms with Crippen LogP contribution in [0.4, 0.5) is 0 Å². The number of hydrogen-bond acceptors (Lipinski definition) is 4. The van der Waals surface area contributed by atoms with Crippen molar-refractivity contribution in [2.75, 3.05) is 19.8 Å². The number of aliphatic hydroxyl groups excluding tert-OH is 1. The number of hydrogen-bond donors (Lipinski definition) is 2. The highest BCUT2D eigenvalue weighted by Crippen LogP contribution is 2.06. The highest BCUT2D eigenvalue weighted by molar-refractivity contribution is 5.89. The first-order valence-corrected chi connectivity index (χ1v) is 5.29. The lowest BCUT2D eigenvalue weighted by Gasteiger charge is -2.05. The summed E-state index contributed by atoms with van der Waals surface area (Å²) in [6, 6.07) is 7.09. The third kappa shape index (κ3) is 4.68. The molecule has 0 atom stereocenters. The van der Waals surface area contributed by atoms with Gasteiger partial charge in [0.25, 0.3) is 0 Å². The van der Waals surface area contributed by atoms with E-state index in [-0.39, 0.29) is 13.2 Å². The van der Waals surface area contributed by atoms with Crippen molar-refractivity contribution >= 4 is 5.97 Å². The summed E-state index contributed by atoms with van der Waals surface area (Å²) in [5.41, 5.74) is 1.43. The SMILES string of the molecule is C#CCOC(=O)c1cccc(CNCCO)c1. The predicted octanol–water partition coefficient (Wildman–Crippen LogP) is 0.558. The van der Waals surface area contributed by atoms with Gasteiger partial charge in [-0.05, 0) is 17.7 Å². The van der Waals surface area contributed by atoms with Crippen molar-refractivity contribution in [3.63, 3.8) is 0 Å². The molecule has 1 aromatic rings. The van der Waals surface area contributed by atoms with Crippen molar-refractivity contribution in [1.29, 1.82) is 0 Å². The molecule has 1 aromatic carbocycles. The maximum atomic E-state index is 11.5. The van der Waals surface area contributed by atoms with Crippen LogP contribution < -0.4 is 5.32 Å². The second-order valence-electron chi connectivity index (χ2n) is 3.38. The third-order valence-corrected chi connectivity index (χ3v) is 2.07. The fourth-order valence-electron chi connectivity index (χ4n) is 1.31. The van der Waals surface area contributed by atoms with E-state index in [2.05, 4.69) is 11.2 Å². The van der Waals surface area contributed by atoms with Crippen LogP contribution in [0.3, 0.4) is 0 Å². The van der Waals surface area contributed by atoms with Gasteiger partial charge in [0.05, 0.1) is 12.2 Å². The quantitative estimate of drug-likeness (QED) is 0.428. The van der Waals surface area contributed by atoms with Gasteiger partial charge in [-0.3, -0.25) is 0 Å². The van der Waals surface area contributed by atoms with Crippen LogP contribution in [0.25, 0.3) is 0 Å². The van der Waals surface area contributed by atoms with E-state index in [4.69, 9.17) is 16.3 Å². The van der Waals surface area contributed by atoms with Crippen molar-refractivity contribution in [2.24, 2.45) is 0 Å².